The van der Waals surface area contributed by atoms with Crippen LogP contribution in [0.4, 0.5) is 11.4 Å². The molecule has 0 aliphatic carbocycles. The number of rotatable bonds is 4. The normalized spacial score (nSPS) is 17.1. The lowest BCUT2D eigenvalue weighted by atomic mass is 10.2. The Labute approximate surface area is 155 Å². The molecule has 2 aromatic rings. The number of imide groups is 1. The van der Waals surface area contributed by atoms with Crippen molar-refractivity contribution in [1.29, 1.82) is 0 Å². The first-order valence-electron chi connectivity index (χ1n) is 7.64. The number of amides is 2. The minimum atomic E-state index is -0.696. The third-order valence-electron chi connectivity index (χ3n) is 4.12. The maximum atomic E-state index is 12.8. The van der Waals surface area contributed by atoms with Crippen LogP contribution in [0, 0.1) is 6.92 Å². The number of halogens is 2. The molecule has 5 nitrogen and oxygen atoms in total. The van der Waals surface area contributed by atoms with Crippen LogP contribution in [0.3, 0.4) is 0 Å². The van der Waals surface area contributed by atoms with E-state index in [0.717, 1.165) is 0 Å². The molecule has 0 spiro atoms. The molecule has 0 radical (unpaired) electrons. The Morgan fingerprint density at radius 2 is 1.96 bits per heavy atom. The minimum Gasteiger partial charge on any atom is -0.495 e. The van der Waals surface area contributed by atoms with Crippen LogP contribution in [0.25, 0.3) is 0 Å². The summed E-state index contributed by atoms with van der Waals surface area (Å²) in [6.07, 6.45) is 0.0421. The van der Waals surface area contributed by atoms with Crippen molar-refractivity contribution in [1.82, 2.24) is 0 Å². The van der Waals surface area contributed by atoms with E-state index in [2.05, 4.69) is 5.32 Å². The van der Waals surface area contributed by atoms with E-state index in [0.29, 0.717) is 32.7 Å². The lowest BCUT2D eigenvalue weighted by Crippen LogP contribution is -2.35. The third kappa shape index (κ3) is 3.30. The zero-order valence-corrected chi connectivity index (χ0v) is 15.2. The molecule has 25 heavy (non-hydrogen) atoms. The highest BCUT2D eigenvalue weighted by Gasteiger charge is 2.40. The number of hydrogen-bond donors (Lipinski definition) is 1. The number of carbonyl (C=O) groups is 2. The van der Waals surface area contributed by atoms with E-state index in [1.807, 2.05) is 0 Å². The second-order valence-electron chi connectivity index (χ2n) is 5.70. The van der Waals surface area contributed by atoms with Crippen LogP contribution >= 0.6 is 23.2 Å². The van der Waals surface area contributed by atoms with Gasteiger partial charge in [-0.05, 0) is 42.8 Å². The first kappa shape index (κ1) is 17.6. The molecule has 2 aromatic carbocycles. The van der Waals surface area contributed by atoms with Gasteiger partial charge in [0.25, 0.3) is 5.91 Å². The van der Waals surface area contributed by atoms with Gasteiger partial charge in [0.1, 0.15) is 11.8 Å². The highest BCUT2D eigenvalue weighted by Crippen LogP contribution is 2.33. The summed E-state index contributed by atoms with van der Waals surface area (Å²) in [5.41, 5.74) is 1.75. The average Bonchev–Trinajstić information content (AvgIpc) is 2.85. The predicted molar refractivity (Wildman–Crippen MR) is 98.7 cm³/mol. The van der Waals surface area contributed by atoms with Crippen LogP contribution in [0.15, 0.2) is 36.4 Å². The van der Waals surface area contributed by atoms with E-state index >= 15 is 0 Å². The minimum absolute atomic E-state index is 0.0421. The first-order valence-corrected chi connectivity index (χ1v) is 8.40. The highest BCUT2D eigenvalue weighted by molar-refractivity contribution is 6.32. The molecular weight excluding hydrogens is 363 g/mol. The van der Waals surface area contributed by atoms with Crippen LogP contribution in [0.5, 0.6) is 5.75 Å². The monoisotopic (exact) mass is 378 g/mol. The fraction of sp³-hybridized carbons (Fsp3) is 0.222. The molecule has 1 atom stereocenters. The summed E-state index contributed by atoms with van der Waals surface area (Å²) in [6, 6.07) is 9.49. The maximum absolute atomic E-state index is 12.8. The van der Waals surface area contributed by atoms with Crippen molar-refractivity contribution in [3.63, 3.8) is 0 Å². The molecule has 2 amide bonds. The second-order valence-corrected chi connectivity index (χ2v) is 6.54. The van der Waals surface area contributed by atoms with Crippen LogP contribution in [0.2, 0.25) is 10.0 Å². The Morgan fingerprint density at radius 3 is 2.68 bits per heavy atom. The van der Waals surface area contributed by atoms with Crippen LogP contribution in [0.1, 0.15) is 12.0 Å². The van der Waals surface area contributed by atoms with Gasteiger partial charge < -0.3 is 10.1 Å². The molecule has 0 saturated carbocycles. The van der Waals surface area contributed by atoms with Gasteiger partial charge in [0.2, 0.25) is 5.91 Å². The first-order chi connectivity index (χ1) is 11.9. The molecule has 0 unspecified atom stereocenters. The van der Waals surface area contributed by atoms with E-state index in [4.69, 9.17) is 27.9 Å². The Kier molecular flexibility index (Phi) is 4.88. The third-order valence-corrected chi connectivity index (χ3v) is 4.76. The lowest BCUT2D eigenvalue weighted by molar-refractivity contribution is -0.121. The molecule has 0 bridgehead atoms. The largest absolute Gasteiger partial charge is 0.495 e. The zero-order valence-electron chi connectivity index (χ0n) is 13.7. The van der Waals surface area contributed by atoms with Gasteiger partial charge in [-0.25, -0.2) is 4.90 Å². The number of benzene rings is 2. The number of nitrogens with one attached hydrogen (secondary N) is 1. The molecule has 1 fully saturated rings. The molecule has 1 aliphatic rings. The summed E-state index contributed by atoms with van der Waals surface area (Å²) in [7, 11) is 1.53. The summed E-state index contributed by atoms with van der Waals surface area (Å²) in [5, 5.41) is 4.07. The van der Waals surface area contributed by atoms with Crippen molar-refractivity contribution in [2.45, 2.75) is 19.4 Å². The van der Waals surface area contributed by atoms with E-state index in [9.17, 15) is 9.59 Å². The second kappa shape index (κ2) is 6.94. The molecule has 3 rings (SSSR count). The molecule has 1 saturated heterocycles. The van der Waals surface area contributed by atoms with E-state index < -0.39 is 6.04 Å². The Bertz CT molecular complexity index is 854. The number of methoxy groups -OCH3 is 1. The quantitative estimate of drug-likeness (QED) is 0.815. The van der Waals surface area contributed by atoms with Crippen LogP contribution in [-0.4, -0.2) is 25.0 Å². The van der Waals surface area contributed by atoms with Gasteiger partial charge >= 0.3 is 0 Å². The summed E-state index contributed by atoms with van der Waals surface area (Å²) in [4.78, 5) is 26.4. The van der Waals surface area contributed by atoms with Gasteiger partial charge in [-0.3, -0.25) is 9.59 Å². The summed E-state index contributed by atoms with van der Waals surface area (Å²) >= 11 is 12.1. The fourth-order valence-corrected chi connectivity index (χ4v) is 3.16. The predicted octanol–water partition coefficient (Wildman–Crippen LogP) is 4.05. The lowest BCUT2D eigenvalue weighted by Gasteiger charge is -2.19. The number of hydrogen-bond acceptors (Lipinski definition) is 4. The Balaban J connectivity index is 1.90. The summed E-state index contributed by atoms with van der Waals surface area (Å²) < 4.78 is 5.27. The molecule has 1 N–H and O–H groups in total. The molecular formula is C18H16Cl2N2O3. The smallest absolute Gasteiger partial charge is 0.256 e. The van der Waals surface area contributed by atoms with Crippen molar-refractivity contribution < 1.29 is 14.3 Å². The molecule has 1 heterocycles. The van der Waals surface area contributed by atoms with Crippen molar-refractivity contribution in [3.8, 4) is 5.75 Å². The summed E-state index contributed by atoms with van der Waals surface area (Å²) in [5.74, 6) is -0.0757. The maximum Gasteiger partial charge on any atom is 0.256 e. The molecule has 130 valence electrons. The van der Waals surface area contributed by atoms with Crippen molar-refractivity contribution in [2.75, 3.05) is 17.3 Å². The van der Waals surface area contributed by atoms with Gasteiger partial charge in [0.05, 0.1) is 24.9 Å². The highest BCUT2D eigenvalue weighted by atomic mass is 35.5. The average molecular weight is 379 g/mol. The summed E-state index contributed by atoms with van der Waals surface area (Å²) in [6.45, 7) is 1.78. The molecule has 0 aromatic heterocycles. The van der Waals surface area contributed by atoms with Crippen LogP contribution in [-0.2, 0) is 9.59 Å². The van der Waals surface area contributed by atoms with E-state index in [1.165, 1.54) is 12.0 Å². The number of nitrogens with zero attached hydrogens (tertiary/aromatic N) is 1. The van der Waals surface area contributed by atoms with Crippen LogP contribution < -0.4 is 15.0 Å². The zero-order chi connectivity index (χ0) is 18.1. The standard InChI is InChI=1S/C18H16Cl2N2O3/c1-10-12(20)4-3-5-15(10)22-17(23)9-14(18(22)24)21-13-8-11(19)6-7-16(13)25-2/h3-8,14,21H,9H2,1-2H3/t14-/m0/s1. The van der Waals surface area contributed by atoms with Crippen molar-refractivity contribution in [3.05, 3.63) is 52.0 Å². The van der Waals surface area contributed by atoms with E-state index in [-0.39, 0.29) is 18.2 Å². The van der Waals surface area contributed by atoms with Gasteiger partial charge in [-0.15, -0.1) is 0 Å². The molecule has 1 aliphatic heterocycles. The van der Waals surface area contributed by atoms with Crippen molar-refractivity contribution >= 4 is 46.4 Å². The van der Waals surface area contributed by atoms with Gasteiger partial charge in [0.15, 0.2) is 0 Å². The van der Waals surface area contributed by atoms with Crippen molar-refractivity contribution in [2.24, 2.45) is 0 Å². The number of carbonyl (C=O) groups excluding carboxylic acids is 2. The fourth-order valence-electron chi connectivity index (χ4n) is 2.82. The number of ether oxygens (including phenoxy) is 1. The van der Waals surface area contributed by atoms with E-state index in [1.54, 1.807) is 43.3 Å². The molecule has 7 heteroatoms. The number of anilines is 2. The van der Waals surface area contributed by atoms with Gasteiger partial charge in [-0.2, -0.15) is 0 Å². The SMILES string of the molecule is COc1ccc(Cl)cc1N[C@H]1CC(=O)N(c2cccc(Cl)c2C)C1=O. The Hall–Kier alpha value is -2.24. The topological polar surface area (TPSA) is 58.6 Å². The van der Waals surface area contributed by atoms with Gasteiger partial charge in [-0.1, -0.05) is 29.3 Å². The van der Waals surface area contributed by atoms with Gasteiger partial charge in [0, 0.05) is 10.0 Å². The Morgan fingerprint density at radius 1 is 1.20 bits per heavy atom.